The van der Waals surface area contributed by atoms with Crippen molar-refractivity contribution in [3.63, 3.8) is 0 Å². The molecule has 1 atom stereocenters. The second-order valence-corrected chi connectivity index (χ2v) is 5.25. The Hall–Kier alpha value is -1.56. The van der Waals surface area contributed by atoms with Gasteiger partial charge < -0.3 is 19.7 Å². The largest absolute Gasteiger partial charge is 0.481 e. The van der Waals surface area contributed by atoms with Gasteiger partial charge >= 0.3 is 0 Å². The normalized spacial score (nSPS) is 19.6. The van der Waals surface area contributed by atoms with Gasteiger partial charge in [0, 0.05) is 19.6 Å². The predicted octanol–water partition coefficient (Wildman–Crippen LogP) is 1.64. The van der Waals surface area contributed by atoms with Crippen LogP contribution in [-0.4, -0.2) is 55.3 Å². The summed E-state index contributed by atoms with van der Waals surface area (Å²) in [5, 5.41) is 3.23. The quantitative estimate of drug-likeness (QED) is 0.855. The molecule has 1 N–H and O–H groups in total. The van der Waals surface area contributed by atoms with Gasteiger partial charge in [0.1, 0.15) is 0 Å². The Morgan fingerprint density at radius 3 is 2.60 bits per heavy atom. The van der Waals surface area contributed by atoms with E-state index in [0.717, 1.165) is 19.0 Å². The predicted molar refractivity (Wildman–Crippen MR) is 78.5 cm³/mol. The Morgan fingerprint density at radius 2 is 2.00 bits per heavy atom. The molecule has 1 unspecified atom stereocenters. The minimum absolute atomic E-state index is 0.506. The van der Waals surface area contributed by atoms with E-state index in [9.17, 15) is 0 Å². The van der Waals surface area contributed by atoms with Crippen molar-refractivity contribution in [3.05, 3.63) is 6.07 Å². The molecule has 1 saturated heterocycles. The van der Waals surface area contributed by atoms with E-state index in [-0.39, 0.29) is 0 Å². The average Bonchev–Trinajstić information content (AvgIpc) is 2.47. The van der Waals surface area contributed by atoms with Gasteiger partial charge in [-0.25, -0.2) is 0 Å². The fourth-order valence-corrected chi connectivity index (χ4v) is 2.51. The Balaban J connectivity index is 1.84. The molecule has 112 valence electrons. The third-order valence-corrected chi connectivity index (χ3v) is 3.55. The average molecular weight is 280 g/mol. The summed E-state index contributed by atoms with van der Waals surface area (Å²) in [5.41, 5.74) is 0. The van der Waals surface area contributed by atoms with Crippen LogP contribution in [-0.2, 0) is 0 Å². The Bertz CT molecular complexity index is 405. The van der Waals surface area contributed by atoms with Crippen LogP contribution in [0.25, 0.3) is 0 Å². The summed E-state index contributed by atoms with van der Waals surface area (Å²) < 4.78 is 10.3. The molecule has 1 aromatic rings. The minimum atomic E-state index is 0.506. The molecule has 0 aliphatic carbocycles. The van der Waals surface area contributed by atoms with Crippen LogP contribution >= 0.6 is 0 Å². The highest BCUT2D eigenvalue weighted by atomic mass is 16.5. The Labute approximate surface area is 120 Å². The fraction of sp³-hybridized carbons (Fsp3) is 0.714. The van der Waals surface area contributed by atoms with Gasteiger partial charge in [-0.3, -0.25) is 0 Å². The number of ether oxygens (including phenoxy) is 2. The summed E-state index contributed by atoms with van der Waals surface area (Å²) in [6.45, 7) is 6.52. The van der Waals surface area contributed by atoms with Crippen LogP contribution in [0.1, 0.15) is 19.8 Å². The van der Waals surface area contributed by atoms with Gasteiger partial charge in [-0.15, -0.1) is 0 Å². The van der Waals surface area contributed by atoms with Gasteiger partial charge in [-0.1, -0.05) is 6.92 Å². The number of aromatic nitrogens is 2. The summed E-state index contributed by atoms with van der Waals surface area (Å²) in [6, 6.07) is 1.66. The Morgan fingerprint density at radius 1 is 1.30 bits per heavy atom. The highest BCUT2D eigenvalue weighted by molar-refractivity contribution is 5.33. The molecule has 1 fully saturated rings. The maximum absolute atomic E-state index is 5.13. The molecule has 20 heavy (non-hydrogen) atoms. The van der Waals surface area contributed by atoms with E-state index in [0.29, 0.717) is 17.7 Å². The lowest BCUT2D eigenvalue weighted by atomic mass is 10.0. The van der Waals surface area contributed by atoms with Crippen molar-refractivity contribution >= 4 is 5.95 Å². The number of methoxy groups -OCH3 is 2. The highest BCUT2D eigenvalue weighted by Crippen LogP contribution is 2.17. The standard InChI is InChI=1S/C14H24N4O2/c1-11-5-4-7-18(10-11)8-6-15-14-16-12(19-2)9-13(17-14)20-3/h9,11H,4-8,10H2,1-3H3,(H,15,16,17). The molecule has 1 aliphatic rings. The number of hydrogen-bond acceptors (Lipinski definition) is 6. The third-order valence-electron chi connectivity index (χ3n) is 3.55. The second-order valence-electron chi connectivity index (χ2n) is 5.25. The van der Waals surface area contributed by atoms with Crippen molar-refractivity contribution in [3.8, 4) is 11.8 Å². The number of nitrogens with zero attached hydrogens (tertiary/aromatic N) is 3. The topological polar surface area (TPSA) is 59.5 Å². The van der Waals surface area contributed by atoms with E-state index < -0.39 is 0 Å². The van der Waals surface area contributed by atoms with Crippen molar-refractivity contribution in [2.24, 2.45) is 5.92 Å². The molecule has 2 heterocycles. The van der Waals surface area contributed by atoms with Crippen LogP contribution in [0.3, 0.4) is 0 Å². The molecule has 0 amide bonds. The summed E-state index contributed by atoms with van der Waals surface area (Å²) in [4.78, 5) is 11.0. The zero-order chi connectivity index (χ0) is 14.4. The SMILES string of the molecule is COc1cc(OC)nc(NCCN2CCCC(C)C2)n1. The van der Waals surface area contributed by atoms with Crippen LogP contribution < -0.4 is 14.8 Å². The van der Waals surface area contributed by atoms with E-state index in [1.54, 1.807) is 20.3 Å². The maximum atomic E-state index is 5.13. The van der Waals surface area contributed by atoms with E-state index in [4.69, 9.17) is 9.47 Å². The first kappa shape index (κ1) is 14.8. The number of piperidine rings is 1. The zero-order valence-electron chi connectivity index (χ0n) is 12.6. The van der Waals surface area contributed by atoms with Crippen molar-refractivity contribution in [1.29, 1.82) is 0 Å². The first-order valence-electron chi connectivity index (χ1n) is 7.14. The highest BCUT2D eigenvalue weighted by Gasteiger charge is 2.15. The second kappa shape index (κ2) is 7.28. The van der Waals surface area contributed by atoms with Crippen molar-refractivity contribution in [2.75, 3.05) is 45.7 Å². The third kappa shape index (κ3) is 4.23. The lowest BCUT2D eigenvalue weighted by molar-refractivity contribution is 0.190. The summed E-state index contributed by atoms with van der Waals surface area (Å²) in [6.07, 6.45) is 2.64. The van der Waals surface area contributed by atoms with Crippen LogP contribution in [0, 0.1) is 5.92 Å². The number of anilines is 1. The molecule has 0 radical (unpaired) electrons. The van der Waals surface area contributed by atoms with Crippen LogP contribution in [0.5, 0.6) is 11.8 Å². The minimum Gasteiger partial charge on any atom is -0.481 e. The first-order valence-corrected chi connectivity index (χ1v) is 7.14. The van der Waals surface area contributed by atoms with Crippen molar-refractivity contribution in [1.82, 2.24) is 14.9 Å². The lowest BCUT2D eigenvalue weighted by Crippen LogP contribution is -2.37. The van der Waals surface area contributed by atoms with Gasteiger partial charge in [-0.05, 0) is 25.3 Å². The molecule has 6 heteroatoms. The van der Waals surface area contributed by atoms with Gasteiger partial charge in [0.25, 0.3) is 0 Å². The molecule has 0 bridgehead atoms. The molecule has 1 aromatic heterocycles. The van der Waals surface area contributed by atoms with E-state index >= 15 is 0 Å². The monoisotopic (exact) mass is 280 g/mol. The van der Waals surface area contributed by atoms with Crippen LogP contribution in [0.15, 0.2) is 6.07 Å². The molecule has 0 saturated carbocycles. The Kier molecular flexibility index (Phi) is 5.40. The lowest BCUT2D eigenvalue weighted by Gasteiger charge is -2.30. The van der Waals surface area contributed by atoms with Gasteiger partial charge in [0.2, 0.25) is 17.7 Å². The maximum Gasteiger partial charge on any atom is 0.229 e. The van der Waals surface area contributed by atoms with Crippen molar-refractivity contribution < 1.29 is 9.47 Å². The number of hydrogen-bond donors (Lipinski definition) is 1. The zero-order valence-corrected chi connectivity index (χ0v) is 12.6. The first-order chi connectivity index (χ1) is 9.71. The molecular formula is C14H24N4O2. The number of likely N-dealkylation sites (tertiary alicyclic amines) is 1. The molecule has 6 nitrogen and oxygen atoms in total. The summed E-state index contributed by atoms with van der Waals surface area (Å²) in [7, 11) is 3.17. The van der Waals surface area contributed by atoms with E-state index in [1.165, 1.54) is 25.9 Å². The molecular weight excluding hydrogens is 256 g/mol. The number of nitrogens with one attached hydrogen (secondary N) is 1. The molecule has 0 aromatic carbocycles. The van der Waals surface area contributed by atoms with Gasteiger partial charge in [0.05, 0.1) is 20.3 Å². The summed E-state index contributed by atoms with van der Waals surface area (Å²) >= 11 is 0. The number of rotatable bonds is 6. The fourth-order valence-electron chi connectivity index (χ4n) is 2.51. The van der Waals surface area contributed by atoms with Crippen LogP contribution in [0.4, 0.5) is 5.95 Å². The smallest absolute Gasteiger partial charge is 0.229 e. The molecule has 1 aliphatic heterocycles. The molecule has 2 rings (SSSR count). The van der Waals surface area contributed by atoms with Gasteiger partial charge in [0.15, 0.2) is 0 Å². The van der Waals surface area contributed by atoms with E-state index in [1.807, 2.05) is 0 Å². The van der Waals surface area contributed by atoms with Gasteiger partial charge in [-0.2, -0.15) is 9.97 Å². The van der Waals surface area contributed by atoms with Crippen LogP contribution in [0.2, 0.25) is 0 Å². The summed E-state index contributed by atoms with van der Waals surface area (Å²) in [5.74, 6) is 2.36. The molecule has 0 spiro atoms. The van der Waals surface area contributed by atoms with E-state index in [2.05, 4.69) is 27.1 Å². The van der Waals surface area contributed by atoms with Crippen molar-refractivity contribution in [2.45, 2.75) is 19.8 Å².